The zero-order valence-electron chi connectivity index (χ0n) is 17.1. The number of likely N-dealkylation sites (tertiary alicyclic amines) is 1. The summed E-state index contributed by atoms with van der Waals surface area (Å²) in [6, 6.07) is 11.3. The van der Waals surface area contributed by atoms with Gasteiger partial charge in [0.25, 0.3) is 5.91 Å². The predicted octanol–water partition coefficient (Wildman–Crippen LogP) is 2.71. The maximum atomic E-state index is 13.5. The highest BCUT2D eigenvalue weighted by Gasteiger charge is 2.45. The Bertz CT molecular complexity index is 1100. The molecule has 2 heterocycles. The van der Waals surface area contributed by atoms with E-state index in [4.69, 9.17) is 0 Å². The Morgan fingerprint density at radius 2 is 1.84 bits per heavy atom. The van der Waals surface area contributed by atoms with Gasteiger partial charge in [0, 0.05) is 43.9 Å². The molecule has 31 heavy (non-hydrogen) atoms. The average Bonchev–Trinajstić information content (AvgIpc) is 3.17. The molecular weight excluding hydrogens is 421 g/mol. The summed E-state index contributed by atoms with van der Waals surface area (Å²) < 4.78 is 41.7. The summed E-state index contributed by atoms with van der Waals surface area (Å²) in [6.45, 7) is 2.51. The Balaban J connectivity index is 1.54. The molecule has 4 rings (SSSR count). The second kappa shape index (κ2) is 8.39. The molecule has 0 aromatic heterocycles. The van der Waals surface area contributed by atoms with E-state index >= 15 is 0 Å². The van der Waals surface area contributed by atoms with Crippen LogP contribution in [0.4, 0.5) is 10.1 Å². The third-order valence-corrected chi connectivity index (χ3v) is 7.81. The first-order chi connectivity index (χ1) is 14.8. The van der Waals surface area contributed by atoms with Crippen LogP contribution in [0.3, 0.4) is 0 Å². The molecule has 2 atom stereocenters. The minimum Gasteiger partial charge on any atom is -0.337 e. The number of anilines is 1. The van der Waals surface area contributed by atoms with Crippen LogP contribution in [0.25, 0.3) is 0 Å². The number of hydrogen-bond donors (Lipinski definition) is 1. The molecule has 2 aromatic carbocycles. The number of nitrogens with one attached hydrogen (secondary N) is 1. The van der Waals surface area contributed by atoms with Crippen molar-refractivity contribution in [1.29, 1.82) is 0 Å². The van der Waals surface area contributed by atoms with Crippen molar-refractivity contribution in [2.24, 2.45) is 5.92 Å². The normalized spacial score (nSPS) is 21.5. The number of carbonyl (C=O) groups excluding carboxylic acids is 2. The number of piperidine rings is 1. The highest BCUT2D eigenvalue weighted by atomic mass is 32.2. The van der Waals surface area contributed by atoms with Gasteiger partial charge in [0.05, 0.1) is 4.90 Å². The van der Waals surface area contributed by atoms with Crippen molar-refractivity contribution in [2.45, 2.75) is 30.7 Å². The van der Waals surface area contributed by atoms with Gasteiger partial charge in [-0.1, -0.05) is 6.07 Å². The summed E-state index contributed by atoms with van der Waals surface area (Å²) in [4.78, 5) is 25.8. The molecule has 2 amide bonds. The van der Waals surface area contributed by atoms with Crippen molar-refractivity contribution < 1.29 is 22.4 Å². The van der Waals surface area contributed by atoms with Crippen LogP contribution in [-0.4, -0.2) is 55.1 Å². The van der Waals surface area contributed by atoms with Gasteiger partial charge in [0.15, 0.2) is 0 Å². The average molecular weight is 446 g/mol. The minimum atomic E-state index is -3.76. The first-order valence-electron chi connectivity index (χ1n) is 10.2. The number of sulfonamides is 1. The number of hydrogen-bond acceptors (Lipinski definition) is 4. The van der Waals surface area contributed by atoms with Crippen molar-refractivity contribution in [3.63, 3.8) is 0 Å². The number of halogens is 1. The third kappa shape index (κ3) is 4.33. The van der Waals surface area contributed by atoms with Crippen LogP contribution < -0.4 is 5.32 Å². The van der Waals surface area contributed by atoms with Gasteiger partial charge in [-0.25, -0.2) is 12.8 Å². The monoisotopic (exact) mass is 445 g/mol. The number of amides is 2. The van der Waals surface area contributed by atoms with Crippen molar-refractivity contribution >= 4 is 27.5 Å². The van der Waals surface area contributed by atoms with Crippen molar-refractivity contribution in [3.05, 3.63) is 59.9 Å². The summed E-state index contributed by atoms with van der Waals surface area (Å²) >= 11 is 0. The summed E-state index contributed by atoms with van der Waals surface area (Å²) in [7, 11) is -3.76. The molecular formula is C22H24FN3O4S. The van der Waals surface area contributed by atoms with E-state index in [1.807, 2.05) is 0 Å². The maximum Gasteiger partial charge on any atom is 0.254 e. The second-order valence-electron chi connectivity index (χ2n) is 8.01. The van der Waals surface area contributed by atoms with E-state index in [2.05, 4.69) is 5.32 Å². The van der Waals surface area contributed by atoms with Crippen LogP contribution in [0.5, 0.6) is 0 Å². The van der Waals surface area contributed by atoms with E-state index < -0.39 is 15.8 Å². The third-order valence-electron chi connectivity index (χ3n) is 5.87. The van der Waals surface area contributed by atoms with Gasteiger partial charge in [-0.3, -0.25) is 9.59 Å². The number of rotatable bonds is 4. The Labute approximate surface area is 180 Å². The number of benzene rings is 2. The second-order valence-corrected chi connectivity index (χ2v) is 9.90. The molecule has 0 radical (unpaired) electrons. The molecule has 0 aliphatic carbocycles. The van der Waals surface area contributed by atoms with Gasteiger partial charge in [-0.15, -0.1) is 0 Å². The number of carbonyl (C=O) groups is 2. The van der Waals surface area contributed by atoms with Crippen molar-refractivity contribution in [1.82, 2.24) is 9.21 Å². The zero-order valence-corrected chi connectivity index (χ0v) is 17.9. The first kappa shape index (κ1) is 21.5. The lowest BCUT2D eigenvalue weighted by Crippen LogP contribution is -2.48. The van der Waals surface area contributed by atoms with Crippen LogP contribution in [0.1, 0.15) is 30.1 Å². The quantitative estimate of drug-likeness (QED) is 0.784. The zero-order chi connectivity index (χ0) is 22.2. The van der Waals surface area contributed by atoms with Gasteiger partial charge in [-0.05, 0) is 61.2 Å². The van der Waals surface area contributed by atoms with E-state index in [-0.39, 0.29) is 40.8 Å². The first-order valence-corrected chi connectivity index (χ1v) is 11.6. The standard InChI is InChI=1S/C22H24FN3O4S/c1-15(27)24-19-7-9-20(10-8-19)31(29,30)26-11-3-5-17-13-25(14-21(17)26)22(28)16-4-2-6-18(23)12-16/h2,4,6-10,12,17,21H,3,5,11,13-14H2,1H3,(H,24,27)/t17-,21+/m1/s1. The van der Waals surface area contributed by atoms with Crippen LogP contribution in [0.15, 0.2) is 53.4 Å². The highest BCUT2D eigenvalue weighted by molar-refractivity contribution is 7.89. The Morgan fingerprint density at radius 3 is 2.52 bits per heavy atom. The number of fused-ring (bicyclic) bond motifs is 1. The lowest BCUT2D eigenvalue weighted by Gasteiger charge is -2.35. The van der Waals surface area contributed by atoms with Crippen LogP contribution in [0.2, 0.25) is 0 Å². The van der Waals surface area contributed by atoms with Crippen molar-refractivity contribution in [3.8, 4) is 0 Å². The molecule has 2 fully saturated rings. The smallest absolute Gasteiger partial charge is 0.254 e. The minimum absolute atomic E-state index is 0.0414. The Morgan fingerprint density at radius 1 is 1.10 bits per heavy atom. The summed E-state index contributed by atoms with van der Waals surface area (Å²) in [5.41, 5.74) is 0.789. The van der Waals surface area contributed by atoms with Gasteiger partial charge >= 0.3 is 0 Å². The lowest BCUT2D eigenvalue weighted by atomic mass is 9.94. The van der Waals surface area contributed by atoms with E-state index in [0.29, 0.717) is 25.2 Å². The van der Waals surface area contributed by atoms with E-state index in [9.17, 15) is 22.4 Å². The fourth-order valence-electron chi connectivity index (χ4n) is 4.46. The number of nitrogens with zero attached hydrogens (tertiary/aromatic N) is 2. The molecule has 9 heteroatoms. The molecule has 7 nitrogen and oxygen atoms in total. The fraction of sp³-hybridized carbons (Fsp3) is 0.364. The SMILES string of the molecule is CC(=O)Nc1ccc(S(=O)(=O)N2CCC[C@@H]3CN(C(=O)c4cccc(F)c4)C[C@@H]32)cc1. The molecule has 0 unspecified atom stereocenters. The lowest BCUT2D eigenvalue weighted by molar-refractivity contribution is -0.114. The molecule has 2 aliphatic heterocycles. The largest absolute Gasteiger partial charge is 0.337 e. The molecule has 0 bridgehead atoms. The van der Waals surface area contributed by atoms with Crippen LogP contribution >= 0.6 is 0 Å². The van der Waals surface area contributed by atoms with E-state index in [1.165, 1.54) is 41.6 Å². The van der Waals surface area contributed by atoms with Gasteiger partial charge in [0.2, 0.25) is 15.9 Å². The van der Waals surface area contributed by atoms with Crippen LogP contribution in [-0.2, 0) is 14.8 Å². The molecule has 164 valence electrons. The highest BCUT2D eigenvalue weighted by Crippen LogP contribution is 2.35. The Hall–Kier alpha value is -2.78. The van der Waals surface area contributed by atoms with Gasteiger partial charge in [0.1, 0.15) is 5.82 Å². The van der Waals surface area contributed by atoms with Gasteiger partial charge < -0.3 is 10.2 Å². The fourth-order valence-corrected chi connectivity index (χ4v) is 6.17. The molecule has 2 aliphatic rings. The molecule has 0 spiro atoms. The van der Waals surface area contributed by atoms with Crippen molar-refractivity contribution in [2.75, 3.05) is 25.0 Å². The summed E-state index contributed by atoms with van der Waals surface area (Å²) in [5, 5.41) is 2.62. The molecule has 2 saturated heterocycles. The summed E-state index contributed by atoms with van der Waals surface area (Å²) in [6.07, 6.45) is 1.55. The van der Waals surface area contributed by atoms with Crippen LogP contribution in [0, 0.1) is 11.7 Å². The molecule has 1 N–H and O–H groups in total. The predicted molar refractivity (Wildman–Crippen MR) is 113 cm³/mol. The summed E-state index contributed by atoms with van der Waals surface area (Å²) in [5.74, 6) is -0.955. The maximum absolute atomic E-state index is 13.5. The molecule has 2 aromatic rings. The molecule has 0 saturated carbocycles. The Kier molecular flexibility index (Phi) is 5.81. The van der Waals surface area contributed by atoms with Gasteiger partial charge in [-0.2, -0.15) is 4.31 Å². The van der Waals surface area contributed by atoms with E-state index in [0.717, 1.165) is 6.42 Å². The topological polar surface area (TPSA) is 86.8 Å². The van der Waals surface area contributed by atoms with E-state index in [1.54, 1.807) is 23.1 Å².